The molecule has 1 aliphatic rings. The van der Waals surface area contributed by atoms with Gasteiger partial charge in [-0.05, 0) is 0 Å². The molecule has 108 valence electrons. The average molecular weight is 336 g/mol. The fourth-order valence-electron chi connectivity index (χ4n) is 3.46. The third-order valence-corrected chi connectivity index (χ3v) is 5.64. The van der Waals surface area contributed by atoms with Gasteiger partial charge in [-0.3, -0.25) is 0 Å². The van der Waals surface area contributed by atoms with Crippen molar-refractivity contribution in [3.8, 4) is 0 Å². The molecule has 1 saturated carbocycles. The van der Waals surface area contributed by atoms with Crippen molar-refractivity contribution >= 4 is 31.7 Å². The molecule has 20 heavy (non-hydrogen) atoms. The Morgan fingerprint density at radius 2 is 1.95 bits per heavy atom. The van der Waals surface area contributed by atoms with Gasteiger partial charge in [0.25, 0.3) is 0 Å². The number of anilines is 1. The topological polar surface area (TPSA) is 37.8 Å². The summed E-state index contributed by atoms with van der Waals surface area (Å²) in [5, 5.41) is 3.79. The molecule has 0 amide bonds. The zero-order valence-corrected chi connectivity index (χ0v) is 14.2. The zero-order valence-electron chi connectivity index (χ0n) is 12.5. The minimum absolute atomic E-state index is 0.0517. The number of aromatic nitrogens is 2. The zero-order chi connectivity index (χ0) is 14.2. The van der Waals surface area contributed by atoms with Crippen molar-refractivity contribution in [1.82, 2.24) is 7.96 Å². The van der Waals surface area contributed by atoms with E-state index in [1.54, 1.807) is 0 Å². The number of hydrogen-bond acceptors (Lipinski definition) is 3. The first-order valence-electron chi connectivity index (χ1n) is 7.53. The molecule has 0 radical (unpaired) electrons. The predicted molar refractivity (Wildman–Crippen MR) is 85.3 cm³/mol. The van der Waals surface area contributed by atoms with E-state index < -0.39 is 0 Å². The third kappa shape index (κ3) is 2.77. The van der Waals surface area contributed by atoms with Crippen LogP contribution in [-0.4, -0.2) is 29.0 Å². The Kier molecular flexibility index (Phi) is 3.87. The monoisotopic (exact) mass is 337 g/mol. The second kappa shape index (κ2) is 5.50. The molecular weight excluding hydrogens is 313 g/mol. The fraction of sp³-hybridized carbons (Fsp3) is 0.625. The van der Waals surface area contributed by atoms with Crippen molar-refractivity contribution in [2.45, 2.75) is 52.5 Å². The third-order valence-electron chi connectivity index (χ3n) is 4.51. The number of nitrogens with zero attached hydrogens (tertiary/aromatic N) is 2. The summed E-state index contributed by atoms with van der Waals surface area (Å²) < 4.78 is 9.06. The van der Waals surface area contributed by atoms with Gasteiger partial charge in [0.2, 0.25) is 0 Å². The van der Waals surface area contributed by atoms with E-state index in [1.807, 2.05) is 0 Å². The van der Waals surface area contributed by atoms with Gasteiger partial charge < -0.3 is 0 Å². The van der Waals surface area contributed by atoms with Crippen LogP contribution in [-0.2, 0) is 0 Å². The van der Waals surface area contributed by atoms with Crippen LogP contribution in [0.4, 0.5) is 5.69 Å². The predicted octanol–water partition coefficient (Wildman–Crippen LogP) is 3.70. The summed E-state index contributed by atoms with van der Waals surface area (Å²) in [5.74, 6) is 0.732. The van der Waals surface area contributed by atoms with E-state index in [0.29, 0.717) is 11.5 Å². The van der Waals surface area contributed by atoms with Crippen LogP contribution in [0.25, 0.3) is 11.0 Å². The summed E-state index contributed by atoms with van der Waals surface area (Å²) in [6.45, 7) is 7.11. The molecule has 1 fully saturated rings. The van der Waals surface area contributed by atoms with Crippen LogP contribution in [0.3, 0.4) is 0 Å². The van der Waals surface area contributed by atoms with E-state index in [-0.39, 0.29) is 15.0 Å². The second-order valence-electron chi connectivity index (χ2n) is 6.95. The van der Waals surface area contributed by atoms with Crippen molar-refractivity contribution in [3.63, 3.8) is 0 Å². The molecule has 3 rings (SSSR count). The molecule has 4 heteroatoms. The van der Waals surface area contributed by atoms with E-state index in [0.717, 1.165) is 17.0 Å². The van der Waals surface area contributed by atoms with Crippen LogP contribution in [0.5, 0.6) is 0 Å². The number of benzene rings is 1. The normalized spacial score (nSPS) is 23.9. The summed E-state index contributed by atoms with van der Waals surface area (Å²) in [6, 6.07) is 6.89. The minimum atomic E-state index is 0.0517. The van der Waals surface area contributed by atoms with Gasteiger partial charge in [-0.15, -0.1) is 0 Å². The van der Waals surface area contributed by atoms with Gasteiger partial charge in [0.15, 0.2) is 0 Å². The molecule has 1 heterocycles. The molecule has 0 saturated heterocycles. The number of fused-ring (bicyclic) bond motifs is 1. The first kappa shape index (κ1) is 14.1. The van der Waals surface area contributed by atoms with Crippen LogP contribution in [0, 0.1) is 11.3 Å². The molecule has 1 aromatic carbocycles. The Bertz CT molecular complexity index is 585. The van der Waals surface area contributed by atoms with Crippen LogP contribution in [0.2, 0.25) is 0 Å². The summed E-state index contributed by atoms with van der Waals surface area (Å²) >= 11 is 0.0517. The van der Waals surface area contributed by atoms with Crippen LogP contribution < -0.4 is 5.32 Å². The number of hydrogen-bond donors (Lipinski definition) is 1. The molecule has 1 aromatic heterocycles. The van der Waals surface area contributed by atoms with Gasteiger partial charge in [0, 0.05) is 0 Å². The maximum absolute atomic E-state index is 4.59. The molecule has 2 aromatic rings. The molecule has 1 N–H and O–H groups in total. The molecule has 0 bridgehead atoms. The first-order chi connectivity index (χ1) is 9.55. The Balaban J connectivity index is 1.87. The van der Waals surface area contributed by atoms with E-state index in [9.17, 15) is 0 Å². The van der Waals surface area contributed by atoms with Crippen LogP contribution in [0.15, 0.2) is 18.2 Å². The fourth-order valence-corrected chi connectivity index (χ4v) is 4.62. The van der Waals surface area contributed by atoms with Crippen molar-refractivity contribution in [2.75, 3.05) is 5.32 Å². The van der Waals surface area contributed by atoms with Gasteiger partial charge in [0.05, 0.1) is 0 Å². The van der Waals surface area contributed by atoms with Crippen molar-refractivity contribution in [1.29, 1.82) is 0 Å². The van der Waals surface area contributed by atoms with Crippen LogP contribution >= 0.6 is 0 Å². The Labute approximate surface area is 127 Å². The molecule has 1 aliphatic carbocycles. The van der Waals surface area contributed by atoms with E-state index in [1.165, 1.54) is 31.4 Å². The molecule has 0 aliphatic heterocycles. The summed E-state index contributed by atoms with van der Waals surface area (Å²) in [7, 11) is 0. The van der Waals surface area contributed by atoms with Gasteiger partial charge in [-0.25, -0.2) is 0 Å². The van der Waals surface area contributed by atoms with E-state index in [2.05, 4.69) is 52.2 Å². The average Bonchev–Trinajstić information content (AvgIpc) is 2.87. The number of rotatable bonds is 2. The standard InChI is InChI=1S/C16H23N3Se/c1-16(2,3)11-7-4-5-8-12(11)17-13-9-6-10-14-15(13)19-20-18-14/h6,9-12,17H,4-5,7-8H2,1-3H3. The molecule has 3 nitrogen and oxygen atoms in total. The molecule has 2 atom stereocenters. The van der Waals surface area contributed by atoms with Gasteiger partial charge in [-0.2, -0.15) is 0 Å². The summed E-state index contributed by atoms with van der Waals surface area (Å²) in [4.78, 5) is 0. The van der Waals surface area contributed by atoms with Gasteiger partial charge in [-0.1, -0.05) is 0 Å². The van der Waals surface area contributed by atoms with Crippen LogP contribution in [0.1, 0.15) is 46.5 Å². The summed E-state index contributed by atoms with van der Waals surface area (Å²) in [6.07, 6.45) is 5.32. The second-order valence-corrected chi connectivity index (χ2v) is 8.05. The Morgan fingerprint density at radius 1 is 1.15 bits per heavy atom. The summed E-state index contributed by atoms with van der Waals surface area (Å²) in [5.41, 5.74) is 3.71. The van der Waals surface area contributed by atoms with Gasteiger partial charge in [0.1, 0.15) is 0 Å². The maximum atomic E-state index is 4.59. The first-order valence-corrected chi connectivity index (χ1v) is 9.07. The Morgan fingerprint density at radius 3 is 2.75 bits per heavy atom. The Hall–Kier alpha value is -0.861. The van der Waals surface area contributed by atoms with Gasteiger partial charge >= 0.3 is 127 Å². The number of nitrogens with one attached hydrogen (secondary N) is 1. The van der Waals surface area contributed by atoms with Crippen molar-refractivity contribution < 1.29 is 0 Å². The molecule has 0 spiro atoms. The quantitative estimate of drug-likeness (QED) is 0.850. The SMILES string of the molecule is CC(C)(C)C1CCCCC1Nc1cccc2n[se]nc12. The van der Waals surface area contributed by atoms with E-state index in [4.69, 9.17) is 0 Å². The molecular formula is C16H23N3Se. The van der Waals surface area contributed by atoms with Crippen molar-refractivity contribution in [3.05, 3.63) is 18.2 Å². The molecule has 2 unspecified atom stereocenters. The van der Waals surface area contributed by atoms with Crippen molar-refractivity contribution in [2.24, 2.45) is 11.3 Å². The van der Waals surface area contributed by atoms with E-state index >= 15 is 0 Å².